The fraction of sp³-hybridized carbons (Fsp3) is 0.189. The van der Waals surface area contributed by atoms with Crippen LogP contribution in [0.15, 0.2) is 119 Å². The van der Waals surface area contributed by atoms with Gasteiger partial charge < -0.3 is 30.5 Å². The molecule has 6 rings (SSSR count). The van der Waals surface area contributed by atoms with E-state index in [2.05, 4.69) is 48.5 Å². The summed E-state index contributed by atoms with van der Waals surface area (Å²) >= 11 is 1.75. The summed E-state index contributed by atoms with van der Waals surface area (Å²) in [4.78, 5) is 2.49. The zero-order chi connectivity index (χ0) is 31.3. The molecule has 1 aliphatic rings. The normalized spacial score (nSPS) is 11.1. The molecule has 7 heteroatoms. The Labute approximate surface area is 263 Å². The van der Waals surface area contributed by atoms with Gasteiger partial charge in [-0.2, -0.15) is 0 Å². The SMILES string of the molecule is COc1ccc(Cc2ccc(CO)cc2)cc1.COc1ccc2c(c1)Sc1cc(CO)ccc1C2.Nc1ccc(CO)cc1. The van der Waals surface area contributed by atoms with Crippen molar-refractivity contribution in [2.24, 2.45) is 0 Å². The molecule has 228 valence electrons. The Hall–Kier alpha value is -4.27. The zero-order valence-electron chi connectivity index (χ0n) is 25.1. The third-order valence-electron chi connectivity index (χ3n) is 7.12. The highest BCUT2D eigenvalue weighted by molar-refractivity contribution is 7.99. The fourth-order valence-corrected chi connectivity index (χ4v) is 5.69. The highest BCUT2D eigenvalue weighted by atomic mass is 32.2. The number of aliphatic hydroxyl groups is 3. The van der Waals surface area contributed by atoms with Crippen LogP contribution in [-0.4, -0.2) is 29.5 Å². The molecule has 5 N–H and O–H groups in total. The Morgan fingerprint density at radius 1 is 0.545 bits per heavy atom. The monoisotopic (exact) mass is 609 g/mol. The minimum Gasteiger partial charge on any atom is -0.497 e. The molecule has 5 aromatic carbocycles. The number of aliphatic hydroxyl groups excluding tert-OH is 3. The molecule has 1 aliphatic heterocycles. The number of nitrogen functional groups attached to an aromatic ring is 1. The molecular formula is C37H39NO5S. The summed E-state index contributed by atoms with van der Waals surface area (Å²) < 4.78 is 10.4. The number of rotatable bonds is 7. The van der Waals surface area contributed by atoms with Gasteiger partial charge in [-0.3, -0.25) is 0 Å². The molecule has 0 saturated heterocycles. The van der Waals surface area contributed by atoms with E-state index in [0.717, 1.165) is 46.7 Å². The van der Waals surface area contributed by atoms with Gasteiger partial charge in [0.15, 0.2) is 0 Å². The molecule has 6 nitrogen and oxygen atoms in total. The minimum absolute atomic E-state index is 0.0836. The van der Waals surface area contributed by atoms with Crippen LogP contribution in [0.25, 0.3) is 0 Å². The Balaban J connectivity index is 0.000000159. The van der Waals surface area contributed by atoms with Gasteiger partial charge in [0.05, 0.1) is 34.0 Å². The Kier molecular flexibility index (Phi) is 12.3. The Bertz CT molecular complexity index is 1510. The smallest absolute Gasteiger partial charge is 0.120 e. The molecule has 0 unspecified atom stereocenters. The van der Waals surface area contributed by atoms with Crippen LogP contribution in [0, 0.1) is 0 Å². The summed E-state index contributed by atoms with van der Waals surface area (Å²) in [5.41, 5.74) is 14.1. The predicted octanol–water partition coefficient (Wildman–Crippen LogP) is 6.78. The van der Waals surface area contributed by atoms with Crippen molar-refractivity contribution in [3.05, 3.63) is 148 Å². The van der Waals surface area contributed by atoms with E-state index in [-0.39, 0.29) is 19.8 Å². The van der Waals surface area contributed by atoms with E-state index in [9.17, 15) is 5.11 Å². The standard InChI is InChI=1S/C15H14O2S.C15H16O2.C7H9NO/c1-17-13-5-4-12-7-11-3-2-10(9-16)6-14(11)18-15(12)8-13;1-17-15-8-6-13(7-9-15)10-12-2-4-14(11-16)5-3-12;8-7-3-1-6(5-9)2-4-7/h2-6,8,16H,7,9H2,1H3;2-9,16H,10-11H2,1H3;1-4,9H,5,8H2. The van der Waals surface area contributed by atoms with Gasteiger partial charge in [0, 0.05) is 15.5 Å². The van der Waals surface area contributed by atoms with E-state index in [1.54, 1.807) is 50.2 Å². The second-order valence-electron chi connectivity index (χ2n) is 10.3. The molecule has 0 bridgehead atoms. The molecular weight excluding hydrogens is 570 g/mol. The highest BCUT2D eigenvalue weighted by Gasteiger charge is 2.17. The number of fused-ring (bicyclic) bond motifs is 2. The highest BCUT2D eigenvalue weighted by Crippen LogP contribution is 2.41. The summed E-state index contributed by atoms with van der Waals surface area (Å²) in [5.74, 6) is 1.77. The molecule has 0 atom stereocenters. The number of benzene rings is 5. The van der Waals surface area contributed by atoms with Crippen LogP contribution in [0.5, 0.6) is 11.5 Å². The third kappa shape index (κ3) is 9.36. The molecule has 0 aromatic heterocycles. The number of ether oxygens (including phenoxy) is 2. The van der Waals surface area contributed by atoms with Crippen LogP contribution in [0.1, 0.15) is 38.9 Å². The molecule has 0 saturated carbocycles. The first-order chi connectivity index (χ1) is 21.4. The lowest BCUT2D eigenvalue weighted by atomic mass is 10.0. The topological polar surface area (TPSA) is 105 Å². The van der Waals surface area contributed by atoms with Crippen LogP contribution in [0.3, 0.4) is 0 Å². The summed E-state index contributed by atoms with van der Waals surface area (Å²) in [6.45, 7) is 0.280. The van der Waals surface area contributed by atoms with Crippen LogP contribution >= 0.6 is 11.8 Å². The van der Waals surface area contributed by atoms with Crippen molar-refractivity contribution >= 4 is 17.4 Å². The molecule has 0 spiro atoms. The predicted molar refractivity (Wildman–Crippen MR) is 177 cm³/mol. The molecule has 1 heterocycles. The van der Waals surface area contributed by atoms with Crippen molar-refractivity contribution in [3.8, 4) is 11.5 Å². The number of hydrogen-bond donors (Lipinski definition) is 4. The van der Waals surface area contributed by atoms with Crippen molar-refractivity contribution in [2.45, 2.75) is 42.5 Å². The van der Waals surface area contributed by atoms with E-state index in [1.807, 2.05) is 36.4 Å². The van der Waals surface area contributed by atoms with E-state index < -0.39 is 0 Å². The maximum absolute atomic E-state index is 9.19. The van der Waals surface area contributed by atoms with Crippen molar-refractivity contribution in [3.63, 3.8) is 0 Å². The number of hydrogen-bond acceptors (Lipinski definition) is 7. The second-order valence-corrected chi connectivity index (χ2v) is 11.3. The van der Waals surface area contributed by atoms with Gasteiger partial charge in [-0.05, 0) is 94.3 Å². The fourth-order valence-electron chi connectivity index (χ4n) is 4.53. The average Bonchev–Trinajstić information content (AvgIpc) is 3.08. The van der Waals surface area contributed by atoms with E-state index in [0.29, 0.717) is 0 Å². The van der Waals surface area contributed by atoms with E-state index >= 15 is 0 Å². The lowest BCUT2D eigenvalue weighted by Gasteiger charge is -2.20. The van der Waals surface area contributed by atoms with Crippen molar-refractivity contribution in [2.75, 3.05) is 20.0 Å². The minimum atomic E-state index is 0.0836. The van der Waals surface area contributed by atoms with Gasteiger partial charge in [0.25, 0.3) is 0 Å². The molecule has 0 radical (unpaired) electrons. The van der Waals surface area contributed by atoms with E-state index in [1.165, 1.54) is 32.0 Å². The van der Waals surface area contributed by atoms with Crippen molar-refractivity contribution < 1.29 is 24.8 Å². The van der Waals surface area contributed by atoms with Gasteiger partial charge in [0.1, 0.15) is 11.5 Å². The third-order valence-corrected chi connectivity index (χ3v) is 8.32. The molecule has 0 aliphatic carbocycles. The van der Waals surface area contributed by atoms with Crippen molar-refractivity contribution in [1.29, 1.82) is 0 Å². The Morgan fingerprint density at radius 2 is 0.977 bits per heavy atom. The van der Waals surface area contributed by atoms with Crippen molar-refractivity contribution in [1.82, 2.24) is 0 Å². The number of methoxy groups -OCH3 is 2. The molecule has 5 aromatic rings. The maximum atomic E-state index is 9.19. The van der Waals surface area contributed by atoms with Crippen LogP contribution in [0.4, 0.5) is 5.69 Å². The lowest BCUT2D eigenvalue weighted by molar-refractivity contribution is 0.281. The van der Waals surface area contributed by atoms with Crippen LogP contribution in [-0.2, 0) is 32.7 Å². The molecule has 0 fully saturated rings. The van der Waals surface area contributed by atoms with Gasteiger partial charge >= 0.3 is 0 Å². The summed E-state index contributed by atoms with van der Waals surface area (Å²) in [6.07, 6.45) is 1.85. The first kappa shape index (κ1) is 32.6. The van der Waals surface area contributed by atoms with Gasteiger partial charge in [-0.1, -0.05) is 78.5 Å². The molecule has 0 amide bonds. The quantitative estimate of drug-likeness (QED) is 0.148. The Morgan fingerprint density at radius 3 is 1.52 bits per heavy atom. The summed E-state index contributed by atoms with van der Waals surface area (Å²) in [7, 11) is 3.36. The second kappa shape index (κ2) is 16.5. The van der Waals surface area contributed by atoms with Gasteiger partial charge in [0.2, 0.25) is 0 Å². The number of anilines is 1. The van der Waals surface area contributed by atoms with Crippen LogP contribution < -0.4 is 15.2 Å². The maximum Gasteiger partial charge on any atom is 0.120 e. The van der Waals surface area contributed by atoms with Gasteiger partial charge in [-0.25, -0.2) is 0 Å². The molecule has 44 heavy (non-hydrogen) atoms. The zero-order valence-corrected chi connectivity index (χ0v) is 25.9. The van der Waals surface area contributed by atoms with Crippen LogP contribution in [0.2, 0.25) is 0 Å². The van der Waals surface area contributed by atoms with E-state index in [4.69, 9.17) is 25.4 Å². The van der Waals surface area contributed by atoms with Gasteiger partial charge in [-0.15, -0.1) is 0 Å². The lowest BCUT2D eigenvalue weighted by Crippen LogP contribution is -2.01. The first-order valence-electron chi connectivity index (χ1n) is 14.3. The summed E-state index contributed by atoms with van der Waals surface area (Å²) in [5, 5.41) is 26.7. The number of nitrogens with two attached hydrogens (primary N) is 1. The largest absolute Gasteiger partial charge is 0.497 e. The summed E-state index contributed by atoms with van der Waals surface area (Å²) in [6, 6.07) is 35.6. The average molecular weight is 610 g/mol. The first-order valence-corrected chi connectivity index (χ1v) is 15.1.